The zero-order valence-corrected chi connectivity index (χ0v) is 23.6. The first kappa shape index (κ1) is 29.6. The highest BCUT2D eigenvalue weighted by Gasteiger charge is 2.40. The SMILES string of the molecule is CC(=O)c1cn(CC(=O)N2C[C@H](F)C[C@H]2C(=O)NCc2cccc(Cl)c2F)c2cc(OC(=O)N(C)c3nn[nH]n3)ccc12. The van der Waals surface area contributed by atoms with Crippen LogP contribution >= 0.6 is 11.6 Å². The Kier molecular flexibility index (Phi) is 8.34. The number of anilines is 1. The van der Waals surface area contributed by atoms with Crippen LogP contribution in [0.1, 0.15) is 29.3 Å². The molecule has 2 atom stereocenters. The molecule has 13 nitrogen and oxygen atoms in total. The van der Waals surface area contributed by atoms with Crippen molar-refractivity contribution in [3.8, 4) is 5.75 Å². The number of benzene rings is 2. The average molecular weight is 615 g/mol. The topological polar surface area (TPSA) is 155 Å². The van der Waals surface area contributed by atoms with E-state index in [-0.39, 0.29) is 54.1 Å². The summed E-state index contributed by atoms with van der Waals surface area (Å²) in [4.78, 5) is 53.5. The number of carbonyl (C=O) groups excluding carboxylic acids is 4. The van der Waals surface area contributed by atoms with Gasteiger partial charge in [-0.05, 0) is 30.3 Å². The smallest absolute Gasteiger partial charge is 0.410 e. The molecule has 2 N–H and O–H groups in total. The minimum Gasteiger partial charge on any atom is -0.410 e. The van der Waals surface area contributed by atoms with Crippen LogP contribution in [-0.4, -0.2) is 79.6 Å². The van der Waals surface area contributed by atoms with Crippen LogP contribution in [0.2, 0.25) is 5.02 Å². The third-order valence-corrected chi connectivity index (χ3v) is 7.30. The third-order valence-electron chi connectivity index (χ3n) is 7.01. The summed E-state index contributed by atoms with van der Waals surface area (Å²) in [5.41, 5.74) is 0.843. The molecule has 43 heavy (non-hydrogen) atoms. The lowest BCUT2D eigenvalue weighted by atomic mass is 10.1. The van der Waals surface area contributed by atoms with Crippen molar-refractivity contribution in [1.82, 2.24) is 35.4 Å². The number of ketones is 1. The van der Waals surface area contributed by atoms with Crippen LogP contribution in [-0.2, 0) is 22.7 Å². The highest BCUT2D eigenvalue weighted by Crippen LogP contribution is 2.28. The molecule has 1 aliphatic heterocycles. The number of carbonyl (C=O) groups is 4. The van der Waals surface area contributed by atoms with E-state index < -0.39 is 35.9 Å². The van der Waals surface area contributed by atoms with Gasteiger partial charge >= 0.3 is 6.09 Å². The van der Waals surface area contributed by atoms with Crippen LogP contribution in [0, 0.1) is 5.82 Å². The number of alkyl halides is 1. The maximum absolute atomic E-state index is 14.5. The van der Waals surface area contributed by atoms with Crippen molar-refractivity contribution in [3.63, 3.8) is 0 Å². The zero-order valence-electron chi connectivity index (χ0n) is 22.9. The molecule has 3 amide bonds. The molecule has 4 aromatic rings. The molecule has 5 rings (SSSR count). The van der Waals surface area contributed by atoms with E-state index in [1.165, 1.54) is 55.1 Å². The Bertz CT molecular complexity index is 1710. The Morgan fingerprint density at radius 3 is 2.74 bits per heavy atom. The first-order valence-electron chi connectivity index (χ1n) is 13.0. The fraction of sp³-hybridized carbons (Fsp3) is 0.296. The summed E-state index contributed by atoms with van der Waals surface area (Å²) in [6, 6.07) is 7.76. The van der Waals surface area contributed by atoms with Crippen LogP contribution in [0.15, 0.2) is 42.6 Å². The van der Waals surface area contributed by atoms with E-state index in [0.29, 0.717) is 16.5 Å². The predicted molar refractivity (Wildman–Crippen MR) is 149 cm³/mol. The van der Waals surface area contributed by atoms with E-state index in [2.05, 4.69) is 25.9 Å². The number of Topliss-reactive ketones (excluding diaryl/α,β-unsaturated/α-hetero) is 1. The molecule has 0 spiro atoms. The van der Waals surface area contributed by atoms with Gasteiger partial charge in [-0.2, -0.15) is 5.21 Å². The average Bonchev–Trinajstić information content (AvgIpc) is 3.73. The largest absolute Gasteiger partial charge is 0.421 e. The van der Waals surface area contributed by atoms with Gasteiger partial charge in [0.25, 0.3) is 5.95 Å². The second-order valence-electron chi connectivity index (χ2n) is 9.87. The highest BCUT2D eigenvalue weighted by molar-refractivity contribution is 6.30. The highest BCUT2D eigenvalue weighted by atomic mass is 35.5. The zero-order chi connectivity index (χ0) is 30.8. The summed E-state index contributed by atoms with van der Waals surface area (Å²) in [6.45, 7) is 0.510. The second kappa shape index (κ2) is 12.1. The molecule has 2 aromatic heterocycles. The number of likely N-dealkylation sites (tertiary alicyclic amines) is 1. The number of hydrogen-bond acceptors (Lipinski definition) is 8. The normalized spacial score (nSPS) is 16.3. The van der Waals surface area contributed by atoms with E-state index in [1.54, 1.807) is 6.07 Å². The molecular formula is C27H25ClF2N8O5. The van der Waals surface area contributed by atoms with Crippen LogP contribution in [0.25, 0.3) is 10.9 Å². The van der Waals surface area contributed by atoms with Gasteiger partial charge in [0.15, 0.2) is 5.78 Å². The van der Waals surface area contributed by atoms with E-state index in [0.717, 1.165) is 9.80 Å². The van der Waals surface area contributed by atoms with Gasteiger partial charge in [-0.25, -0.2) is 18.5 Å². The van der Waals surface area contributed by atoms with Gasteiger partial charge in [-0.3, -0.25) is 14.4 Å². The number of nitrogens with zero attached hydrogens (tertiary/aromatic N) is 6. The number of amides is 3. The first-order valence-corrected chi connectivity index (χ1v) is 13.4. The van der Waals surface area contributed by atoms with E-state index in [1.807, 2.05) is 0 Å². The molecular weight excluding hydrogens is 590 g/mol. The number of aromatic nitrogens is 5. The Labute approximate surface area is 247 Å². The molecule has 16 heteroatoms. The molecule has 1 fully saturated rings. The number of aromatic amines is 1. The maximum atomic E-state index is 14.5. The number of hydrogen-bond donors (Lipinski definition) is 2. The fourth-order valence-corrected chi connectivity index (χ4v) is 5.02. The molecule has 0 unspecified atom stereocenters. The first-order chi connectivity index (χ1) is 20.5. The predicted octanol–water partition coefficient (Wildman–Crippen LogP) is 3.04. The van der Waals surface area contributed by atoms with Crippen molar-refractivity contribution in [2.45, 2.75) is 38.6 Å². The number of ether oxygens (including phenoxy) is 1. The van der Waals surface area contributed by atoms with Crippen molar-refractivity contribution in [1.29, 1.82) is 0 Å². The number of tetrazole rings is 1. The van der Waals surface area contributed by atoms with Crippen molar-refractivity contribution in [2.75, 3.05) is 18.5 Å². The minimum atomic E-state index is -1.45. The minimum absolute atomic E-state index is 0.0213. The van der Waals surface area contributed by atoms with Crippen molar-refractivity contribution < 1.29 is 32.7 Å². The number of H-pyrrole nitrogens is 1. The summed E-state index contributed by atoms with van der Waals surface area (Å²) in [5, 5.41) is 16.0. The summed E-state index contributed by atoms with van der Waals surface area (Å²) < 4.78 is 35.6. The lowest BCUT2D eigenvalue weighted by Gasteiger charge is -2.24. The molecule has 0 bridgehead atoms. The molecule has 1 aliphatic rings. The quantitative estimate of drug-likeness (QED) is 0.287. The Morgan fingerprint density at radius 2 is 2.02 bits per heavy atom. The Balaban J connectivity index is 1.34. The molecule has 0 aliphatic carbocycles. The summed E-state index contributed by atoms with van der Waals surface area (Å²) >= 11 is 5.80. The van der Waals surface area contributed by atoms with Gasteiger partial charge in [0.2, 0.25) is 11.8 Å². The number of rotatable bonds is 8. The molecule has 3 heterocycles. The summed E-state index contributed by atoms with van der Waals surface area (Å²) in [7, 11) is 1.38. The Hall–Kier alpha value is -4.92. The number of fused-ring (bicyclic) bond motifs is 1. The standard InChI is InChI=1S/C27H25ClF2N8O5/c1-14(39)19-12-37(21-9-17(6-7-18(19)21)43-27(42)36(2)26-32-34-35-33-26)13-23(40)38-11-16(29)8-22(38)25(41)31-10-15-4-3-5-20(28)24(15)30/h3-7,9,12,16,22H,8,10-11,13H2,1-2H3,(H,31,41)(H,32,33,34,35)/t16-,22+/m1/s1. The monoisotopic (exact) mass is 614 g/mol. The maximum Gasteiger partial charge on any atom is 0.421 e. The molecule has 0 radical (unpaired) electrons. The van der Waals surface area contributed by atoms with Gasteiger partial charge in [-0.15, -0.1) is 5.10 Å². The van der Waals surface area contributed by atoms with E-state index >= 15 is 0 Å². The third kappa shape index (κ3) is 6.16. The van der Waals surface area contributed by atoms with Gasteiger partial charge in [0, 0.05) is 48.8 Å². The van der Waals surface area contributed by atoms with Crippen LogP contribution < -0.4 is 15.0 Å². The summed E-state index contributed by atoms with van der Waals surface area (Å²) in [5.74, 6) is -2.10. The van der Waals surface area contributed by atoms with Crippen molar-refractivity contribution in [3.05, 3.63) is 64.6 Å². The molecule has 1 saturated heterocycles. The van der Waals surface area contributed by atoms with E-state index in [9.17, 15) is 28.0 Å². The number of halogens is 3. The molecule has 2 aromatic carbocycles. The lowest BCUT2D eigenvalue weighted by Crippen LogP contribution is -2.46. The van der Waals surface area contributed by atoms with Crippen LogP contribution in [0.4, 0.5) is 19.5 Å². The van der Waals surface area contributed by atoms with Crippen molar-refractivity contribution in [2.24, 2.45) is 0 Å². The fourth-order valence-electron chi connectivity index (χ4n) is 4.83. The number of nitrogens with one attached hydrogen (secondary N) is 2. The second-order valence-corrected chi connectivity index (χ2v) is 10.3. The van der Waals surface area contributed by atoms with E-state index in [4.69, 9.17) is 16.3 Å². The van der Waals surface area contributed by atoms with Gasteiger partial charge in [0.05, 0.1) is 17.1 Å². The lowest BCUT2D eigenvalue weighted by molar-refractivity contribution is -0.139. The van der Waals surface area contributed by atoms with Crippen LogP contribution in [0.3, 0.4) is 0 Å². The van der Waals surface area contributed by atoms with Gasteiger partial charge < -0.3 is 19.5 Å². The van der Waals surface area contributed by atoms with Gasteiger partial charge in [0.1, 0.15) is 30.3 Å². The summed E-state index contributed by atoms with van der Waals surface area (Å²) in [6.07, 6.45) is -1.02. The van der Waals surface area contributed by atoms with Crippen LogP contribution in [0.5, 0.6) is 5.75 Å². The van der Waals surface area contributed by atoms with Gasteiger partial charge in [-0.1, -0.05) is 28.8 Å². The van der Waals surface area contributed by atoms with Crippen molar-refractivity contribution >= 4 is 52.1 Å². The Morgan fingerprint density at radius 1 is 1.23 bits per heavy atom. The molecule has 224 valence electrons. The molecule has 0 saturated carbocycles.